The molecule has 0 aliphatic heterocycles. The first-order chi connectivity index (χ1) is 13.9. The van der Waals surface area contributed by atoms with Crippen LogP contribution in [0.1, 0.15) is 58.3 Å². The quantitative estimate of drug-likeness (QED) is 0.338. The van der Waals surface area contributed by atoms with Gasteiger partial charge >= 0.3 is 0 Å². The molecular weight excluding hydrogens is 344 g/mol. The van der Waals surface area contributed by atoms with Crippen LogP contribution in [0, 0.1) is 0 Å². The van der Waals surface area contributed by atoms with Gasteiger partial charge in [0, 0.05) is 5.56 Å². The van der Waals surface area contributed by atoms with E-state index in [9.17, 15) is 0 Å². The van der Waals surface area contributed by atoms with Crippen molar-refractivity contribution in [3.63, 3.8) is 0 Å². The molecule has 0 spiro atoms. The first-order valence-electron chi connectivity index (χ1n) is 10.7. The first-order valence-corrected chi connectivity index (χ1v) is 10.7. The predicted molar refractivity (Wildman–Crippen MR) is 118 cm³/mol. The van der Waals surface area contributed by atoms with Crippen LogP contribution in [0.25, 0.3) is 22.5 Å². The van der Waals surface area contributed by atoms with Crippen LogP contribution in [0.2, 0.25) is 0 Å². The fourth-order valence-corrected chi connectivity index (χ4v) is 3.38. The largest absolute Gasteiger partial charge is 0.494 e. The highest BCUT2D eigenvalue weighted by Gasteiger charge is 2.06. The lowest BCUT2D eigenvalue weighted by molar-refractivity contribution is 0.304. The van der Waals surface area contributed by atoms with Gasteiger partial charge in [-0.2, -0.15) is 5.10 Å². The van der Waals surface area contributed by atoms with Gasteiger partial charge in [-0.1, -0.05) is 82.2 Å². The third-order valence-electron chi connectivity index (χ3n) is 5.08. The van der Waals surface area contributed by atoms with Gasteiger partial charge in [0.05, 0.1) is 18.0 Å². The van der Waals surface area contributed by atoms with Gasteiger partial charge in [0.15, 0.2) is 0 Å². The van der Waals surface area contributed by atoms with E-state index in [2.05, 4.69) is 47.5 Å². The van der Waals surface area contributed by atoms with Crippen molar-refractivity contribution in [2.75, 3.05) is 6.61 Å². The van der Waals surface area contributed by atoms with Crippen molar-refractivity contribution in [1.82, 2.24) is 10.2 Å². The Hall–Kier alpha value is -2.55. The number of nitrogens with one attached hydrogen (secondary N) is 1. The minimum absolute atomic E-state index is 0.802. The maximum Gasteiger partial charge on any atom is 0.119 e. The van der Waals surface area contributed by atoms with Crippen molar-refractivity contribution < 1.29 is 4.74 Å². The molecule has 3 heteroatoms. The molecule has 0 atom stereocenters. The van der Waals surface area contributed by atoms with E-state index in [0.717, 1.165) is 41.3 Å². The minimum atomic E-state index is 0.802. The lowest BCUT2D eigenvalue weighted by atomic mass is 10.1. The maximum absolute atomic E-state index is 5.89. The monoisotopic (exact) mass is 376 g/mol. The highest BCUT2D eigenvalue weighted by molar-refractivity contribution is 5.68. The topological polar surface area (TPSA) is 37.9 Å². The molecule has 2 aromatic carbocycles. The van der Waals surface area contributed by atoms with Gasteiger partial charge in [0.25, 0.3) is 0 Å². The number of unbranched alkanes of at least 4 members (excludes halogenated alkanes) is 7. The van der Waals surface area contributed by atoms with Gasteiger partial charge in [-0.05, 0) is 42.3 Å². The van der Waals surface area contributed by atoms with E-state index in [-0.39, 0.29) is 0 Å². The molecule has 1 N–H and O–H groups in total. The summed E-state index contributed by atoms with van der Waals surface area (Å²) in [6, 6.07) is 20.6. The SMILES string of the molecule is CCCCCCCCCCOc1ccc(-c2cc(-c3ccccc3)n[nH]2)cc1. The summed E-state index contributed by atoms with van der Waals surface area (Å²) in [5, 5.41) is 7.56. The molecule has 0 radical (unpaired) electrons. The summed E-state index contributed by atoms with van der Waals surface area (Å²) in [7, 11) is 0. The first kappa shape index (κ1) is 20.2. The zero-order valence-electron chi connectivity index (χ0n) is 17.0. The second kappa shape index (κ2) is 11.3. The molecule has 0 aliphatic carbocycles. The second-order valence-corrected chi connectivity index (χ2v) is 7.38. The van der Waals surface area contributed by atoms with Crippen molar-refractivity contribution >= 4 is 0 Å². The number of hydrogen-bond donors (Lipinski definition) is 1. The average molecular weight is 377 g/mol. The number of H-pyrrole nitrogens is 1. The number of nitrogens with zero attached hydrogens (tertiary/aromatic N) is 1. The van der Waals surface area contributed by atoms with Crippen molar-refractivity contribution in [2.24, 2.45) is 0 Å². The Morgan fingerprint density at radius 2 is 1.43 bits per heavy atom. The number of ether oxygens (including phenoxy) is 1. The summed E-state index contributed by atoms with van der Waals surface area (Å²) in [4.78, 5) is 0. The van der Waals surface area contributed by atoms with E-state index in [0.29, 0.717) is 0 Å². The number of rotatable bonds is 12. The Morgan fingerprint density at radius 1 is 0.750 bits per heavy atom. The zero-order valence-corrected chi connectivity index (χ0v) is 17.0. The maximum atomic E-state index is 5.89. The Morgan fingerprint density at radius 3 is 2.14 bits per heavy atom. The van der Waals surface area contributed by atoms with Gasteiger partial charge in [-0.3, -0.25) is 5.10 Å². The lowest BCUT2D eigenvalue weighted by Gasteiger charge is -2.07. The molecule has 0 amide bonds. The lowest BCUT2D eigenvalue weighted by Crippen LogP contribution is -1.97. The van der Waals surface area contributed by atoms with Crippen LogP contribution in [0.3, 0.4) is 0 Å². The molecule has 148 valence electrons. The molecule has 0 saturated carbocycles. The smallest absolute Gasteiger partial charge is 0.119 e. The Balaban J connectivity index is 1.40. The molecule has 28 heavy (non-hydrogen) atoms. The summed E-state index contributed by atoms with van der Waals surface area (Å²) in [5.41, 5.74) is 4.23. The van der Waals surface area contributed by atoms with Crippen LogP contribution in [-0.2, 0) is 0 Å². The number of aromatic amines is 1. The summed E-state index contributed by atoms with van der Waals surface area (Å²) < 4.78 is 5.89. The number of benzene rings is 2. The van der Waals surface area contributed by atoms with Gasteiger partial charge in [-0.15, -0.1) is 0 Å². The Kier molecular flexibility index (Phi) is 8.17. The number of aromatic nitrogens is 2. The third-order valence-corrected chi connectivity index (χ3v) is 5.08. The van der Waals surface area contributed by atoms with Gasteiger partial charge < -0.3 is 4.74 Å². The van der Waals surface area contributed by atoms with Crippen molar-refractivity contribution in [2.45, 2.75) is 58.3 Å². The van der Waals surface area contributed by atoms with E-state index < -0.39 is 0 Å². The van der Waals surface area contributed by atoms with Crippen LogP contribution in [0.4, 0.5) is 0 Å². The minimum Gasteiger partial charge on any atom is -0.494 e. The summed E-state index contributed by atoms with van der Waals surface area (Å²) in [5.74, 6) is 0.939. The summed E-state index contributed by atoms with van der Waals surface area (Å²) in [6.07, 6.45) is 10.6. The Bertz CT molecular complexity index is 793. The molecule has 3 nitrogen and oxygen atoms in total. The molecule has 3 rings (SSSR count). The standard InChI is InChI=1S/C25H32N2O/c1-2-3-4-5-6-7-8-12-19-28-23-17-15-22(16-18-23)25-20-24(26-27-25)21-13-10-9-11-14-21/h9-11,13-18,20H,2-8,12,19H2,1H3,(H,26,27). The molecule has 0 unspecified atom stereocenters. The van der Waals surface area contributed by atoms with E-state index in [1.54, 1.807) is 0 Å². The third kappa shape index (κ3) is 6.26. The zero-order chi connectivity index (χ0) is 19.4. The second-order valence-electron chi connectivity index (χ2n) is 7.38. The molecule has 0 bridgehead atoms. The predicted octanol–water partition coefficient (Wildman–Crippen LogP) is 7.26. The molecule has 3 aromatic rings. The van der Waals surface area contributed by atoms with Gasteiger partial charge in [0.2, 0.25) is 0 Å². The summed E-state index contributed by atoms with van der Waals surface area (Å²) in [6.45, 7) is 3.07. The van der Waals surface area contributed by atoms with E-state index in [1.807, 2.05) is 30.3 Å². The van der Waals surface area contributed by atoms with E-state index >= 15 is 0 Å². The molecule has 1 heterocycles. The molecular formula is C25H32N2O. The van der Waals surface area contributed by atoms with Gasteiger partial charge in [-0.25, -0.2) is 0 Å². The molecule has 1 aromatic heterocycles. The van der Waals surface area contributed by atoms with Crippen LogP contribution in [0.5, 0.6) is 5.75 Å². The highest BCUT2D eigenvalue weighted by Crippen LogP contribution is 2.25. The van der Waals surface area contributed by atoms with Gasteiger partial charge in [0.1, 0.15) is 5.75 Å². The van der Waals surface area contributed by atoms with E-state index in [4.69, 9.17) is 4.74 Å². The van der Waals surface area contributed by atoms with Crippen LogP contribution >= 0.6 is 0 Å². The fourth-order valence-electron chi connectivity index (χ4n) is 3.38. The Labute approximate surface area is 169 Å². The fraction of sp³-hybridized carbons (Fsp3) is 0.400. The van der Waals surface area contributed by atoms with Crippen LogP contribution < -0.4 is 4.74 Å². The molecule has 0 saturated heterocycles. The van der Waals surface area contributed by atoms with Crippen molar-refractivity contribution in [3.05, 3.63) is 60.7 Å². The van der Waals surface area contributed by atoms with Crippen LogP contribution in [-0.4, -0.2) is 16.8 Å². The summed E-state index contributed by atoms with van der Waals surface area (Å²) >= 11 is 0. The van der Waals surface area contributed by atoms with E-state index in [1.165, 1.54) is 44.9 Å². The average Bonchev–Trinajstić information content (AvgIpc) is 3.24. The molecule has 0 fully saturated rings. The molecule has 0 aliphatic rings. The van der Waals surface area contributed by atoms with Crippen molar-refractivity contribution in [3.8, 4) is 28.3 Å². The van der Waals surface area contributed by atoms with Crippen molar-refractivity contribution in [1.29, 1.82) is 0 Å². The normalized spacial score (nSPS) is 10.9. The number of hydrogen-bond acceptors (Lipinski definition) is 2. The van der Waals surface area contributed by atoms with Crippen LogP contribution in [0.15, 0.2) is 60.7 Å². The highest BCUT2D eigenvalue weighted by atomic mass is 16.5.